The predicted octanol–water partition coefficient (Wildman–Crippen LogP) is 3.78. The second kappa shape index (κ2) is 8.56. The minimum atomic E-state index is -4.63. The molecule has 1 fully saturated rings. The van der Waals surface area contributed by atoms with Gasteiger partial charge in [-0.1, -0.05) is 18.9 Å². The van der Waals surface area contributed by atoms with Gasteiger partial charge < -0.3 is 0 Å². The third-order valence-corrected chi connectivity index (χ3v) is 8.35. The average molecular weight is 463 g/mol. The van der Waals surface area contributed by atoms with Gasteiger partial charge in [-0.05, 0) is 49.6 Å². The zero-order valence-corrected chi connectivity index (χ0v) is 17.8. The number of hydrogen-bond donors (Lipinski definition) is 1. The molecule has 0 radical (unpaired) electrons. The first-order valence-corrected chi connectivity index (χ1v) is 12.2. The summed E-state index contributed by atoms with van der Waals surface area (Å²) in [6.07, 6.45) is 3.34. The topological polar surface area (TPSA) is 83.5 Å². The Morgan fingerprint density at radius 3 is 2.10 bits per heavy atom. The maximum Gasteiger partial charge on any atom is 0.264 e. The molecule has 0 aromatic heterocycles. The summed E-state index contributed by atoms with van der Waals surface area (Å²) in [6, 6.07) is 4.97. The van der Waals surface area contributed by atoms with Crippen molar-refractivity contribution in [2.24, 2.45) is 0 Å². The lowest BCUT2D eigenvalue weighted by Gasteiger charge is -2.21. The Labute approximate surface area is 173 Å². The molecule has 2 aromatic rings. The second-order valence-electron chi connectivity index (χ2n) is 7.08. The van der Waals surface area contributed by atoms with Crippen LogP contribution >= 0.6 is 0 Å². The van der Waals surface area contributed by atoms with Crippen LogP contribution in [-0.2, 0) is 20.0 Å². The van der Waals surface area contributed by atoms with Gasteiger partial charge in [0.25, 0.3) is 10.0 Å². The monoisotopic (exact) mass is 462 g/mol. The van der Waals surface area contributed by atoms with Crippen molar-refractivity contribution in [1.82, 2.24) is 4.31 Å². The standard InChI is InChI=1S/C19H21F3N2O4S2/c1-13-6-7-14(12-17(13)30(27,28)24-10-4-2-3-5-11-24)23-29(25,26)16-9-8-15(20)18(21)19(16)22/h6-9,12,23H,2-5,10-11H2,1H3. The Kier molecular flexibility index (Phi) is 6.44. The van der Waals surface area contributed by atoms with E-state index in [2.05, 4.69) is 0 Å². The molecule has 0 amide bonds. The molecular weight excluding hydrogens is 441 g/mol. The van der Waals surface area contributed by atoms with Gasteiger partial charge in [0.15, 0.2) is 17.5 Å². The summed E-state index contributed by atoms with van der Waals surface area (Å²) in [5, 5.41) is 0. The van der Waals surface area contributed by atoms with Crippen molar-refractivity contribution in [1.29, 1.82) is 0 Å². The highest BCUT2D eigenvalue weighted by molar-refractivity contribution is 7.92. The van der Waals surface area contributed by atoms with E-state index in [9.17, 15) is 30.0 Å². The molecule has 1 N–H and O–H groups in total. The first-order chi connectivity index (χ1) is 14.0. The van der Waals surface area contributed by atoms with E-state index in [1.54, 1.807) is 6.92 Å². The Balaban J connectivity index is 1.96. The third-order valence-electron chi connectivity index (χ3n) is 4.91. The summed E-state index contributed by atoms with van der Waals surface area (Å²) in [6.45, 7) is 2.33. The van der Waals surface area contributed by atoms with Gasteiger partial charge in [0, 0.05) is 13.1 Å². The lowest BCUT2D eigenvalue weighted by molar-refractivity contribution is 0.423. The molecule has 0 aliphatic carbocycles. The normalized spacial score (nSPS) is 16.3. The van der Waals surface area contributed by atoms with E-state index in [0.717, 1.165) is 31.7 Å². The summed E-state index contributed by atoms with van der Waals surface area (Å²) >= 11 is 0. The van der Waals surface area contributed by atoms with Gasteiger partial charge in [0.1, 0.15) is 4.90 Å². The van der Waals surface area contributed by atoms with Gasteiger partial charge in [-0.15, -0.1) is 0 Å². The summed E-state index contributed by atoms with van der Waals surface area (Å²) in [5.41, 5.74) is 0.277. The smallest absolute Gasteiger partial charge is 0.264 e. The van der Waals surface area contributed by atoms with E-state index < -0.39 is 42.4 Å². The number of sulfonamides is 2. The molecule has 0 spiro atoms. The van der Waals surface area contributed by atoms with Crippen LogP contribution in [0.5, 0.6) is 0 Å². The van der Waals surface area contributed by atoms with E-state index in [1.807, 2.05) is 4.72 Å². The number of hydrogen-bond acceptors (Lipinski definition) is 4. The fourth-order valence-corrected chi connectivity index (χ4v) is 6.18. The van der Waals surface area contributed by atoms with Crippen molar-refractivity contribution in [2.75, 3.05) is 17.8 Å². The van der Waals surface area contributed by atoms with Crippen molar-refractivity contribution in [3.63, 3.8) is 0 Å². The van der Waals surface area contributed by atoms with Crippen LogP contribution in [0, 0.1) is 24.4 Å². The van der Waals surface area contributed by atoms with Crippen molar-refractivity contribution in [2.45, 2.75) is 42.4 Å². The van der Waals surface area contributed by atoms with Crippen molar-refractivity contribution in [3.05, 3.63) is 53.3 Å². The van der Waals surface area contributed by atoms with E-state index in [1.165, 1.54) is 16.4 Å². The summed E-state index contributed by atoms with van der Waals surface area (Å²) in [7, 11) is -8.49. The molecule has 1 saturated heterocycles. The fourth-order valence-electron chi connectivity index (χ4n) is 3.29. The number of nitrogens with zero attached hydrogens (tertiary/aromatic N) is 1. The molecule has 1 heterocycles. The third kappa shape index (κ3) is 4.47. The van der Waals surface area contributed by atoms with Gasteiger partial charge in [-0.2, -0.15) is 4.31 Å². The highest BCUT2D eigenvalue weighted by Gasteiger charge is 2.28. The molecule has 11 heteroatoms. The van der Waals surface area contributed by atoms with E-state index in [4.69, 9.17) is 0 Å². The van der Waals surface area contributed by atoms with Gasteiger partial charge in [-0.3, -0.25) is 4.72 Å². The largest absolute Gasteiger partial charge is 0.279 e. The number of aryl methyl sites for hydroxylation is 1. The molecule has 0 unspecified atom stereocenters. The van der Waals surface area contributed by atoms with Crippen molar-refractivity contribution in [3.8, 4) is 0 Å². The average Bonchev–Trinajstić information content (AvgIpc) is 2.97. The van der Waals surface area contributed by atoms with Gasteiger partial charge >= 0.3 is 0 Å². The Hall–Kier alpha value is -2.11. The van der Waals surface area contributed by atoms with Gasteiger partial charge in [0.05, 0.1) is 10.6 Å². The highest BCUT2D eigenvalue weighted by atomic mass is 32.2. The van der Waals surface area contributed by atoms with E-state index in [0.29, 0.717) is 30.8 Å². The minimum Gasteiger partial charge on any atom is -0.279 e. The highest BCUT2D eigenvalue weighted by Crippen LogP contribution is 2.28. The quantitative estimate of drug-likeness (QED) is 0.686. The Bertz CT molecular complexity index is 1160. The lowest BCUT2D eigenvalue weighted by Crippen LogP contribution is -2.32. The molecule has 3 rings (SSSR count). The van der Waals surface area contributed by atoms with Crippen LogP contribution in [0.2, 0.25) is 0 Å². The molecule has 0 atom stereocenters. The molecule has 164 valence electrons. The van der Waals surface area contributed by atoms with Crippen LogP contribution in [-0.4, -0.2) is 34.2 Å². The number of nitrogens with one attached hydrogen (secondary N) is 1. The molecule has 6 nitrogen and oxygen atoms in total. The fraction of sp³-hybridized carbons (Fsp3) is 0.368. The van der Waals surface area contributed by atoms with Crippen LogP contribution in [0.3, 0.4) is 0 Å². The van der Waals surface area contributed by atoms with Gasteiger partial charge in [-0.25, -0.2) is 30.0 Å². The number of benzene rings is 2. The Morgan fingerprint density at radius 1 is 0.833 bits per heavy atom. The summed E-state index contributed by atoms with van der Waals surface area (Å²) < 4.78 is 95.0. The zero-order valence-electron chi connectivity index (χ0n) is 16.2. The van der Waals surface area contributed by atoms with Crippen LogP contribution in [0.4, 0.5) is 18.9 Å². The summed E-state index contributed by atoms with van der Waals surface area (Å²) in [5.74, 6) is -5.29. The lowest BCUT2D eigenvalue weighted by atomic mass is 10.2. The first-order valence-electron chi connectivity index (χ1n) is 9.31. The SMILES string of the molecule is Cc1ccc(NS(=O)(=O)c2ccc(F)c(F)c2F)cc1S(=O)(=O)N1CCCCCC1. The van der Waals surface area contributed by atoms with Crippen molar-refractivity contribution >= 4 is 25.7 Å². The van der Waals surface area contributed by atoms with Crippen LogP contribution in [0.1, 0.15) is 31.2 Å². The molecule has 1 aliphatic heterocycles. The second-order valence-corrected chi connectivity index (χ2v) is 10.6. The van der Waals surface area contributed by atoms with E-state index in [-0.39, 0.29) is 10.6 Å². The molecule has 2 aromatic carbocycles. The number of anilines is 1. The Morgan fingerprint density at radius 2 is 1.47 bits per heavy atom. The zero-order chi connectivity index (χ0) is 22.1. The van der Waals surface area contributed by atoms with Gasteiger partial charge in [0.2, 0.25) is 10.0 Å². The molecular formula is C19H21F3N2O4S2. The molecule has 1 aliphatic rings. The predicted molar refractivity (Wildman–Crippen MR) is 106 cm³/mol. The minimum absolute atomic E-state index is 0.0737. The molecule has 0 bridgehead atoms. The van der Waals surface area contributed by atoms with Crippen molar-refractivity contribution < 1.29 is 30.0 Å². The van der Waals surface area contributed by atoms with Crippen LogP contribution in [0.15, 0.2) is 40.1 Å². The number of halogens is 3. The van der Waals surface area contributed by atoms with E-state index >= 15 is 0 Å². The van der Waals surface area contributed by atoms with Crippen LogP contribution in [0.25, 0.3) is 0 Å². The number of rotatable bonds is 5. The first kappa shape index (κ1) is 22.6. The van der Waals surface area contributed by atoms with Crippen LogP contribution < -0.4 is 4.72 Å². The maximum atomic E-state index is 13.9. The summed E-state index contributed by atoms with van der Waals surface area (Å²) in [4.78, 5) is -1.16. The molecule has 30 heavy (non-hydrogen) atoms. The maximum absolute atomic E-state index is 13.9. The molecule has 0 saturated carbocycles.